The molecular weight excluding hydrogens is 276 g/mol. The molecule has 0 aliphatic carbocycles. The van der Waals surface area contributed by atoms with Crippen molar-refractivity contribution in [2.45, 2.75) is 26.3 Å². The summed E-state index contributed by atoms with van der Waals surface area (Å²) < 4.78 is 3.52. The van der Waals surface area contributed by atoms with Gasteiger partial charge in [0.05, 0.1) is 0 Å². The van der Waals surface area contributed by atoms with E-state index < -0.39 is 0 Å². The fourth-order valence-corrected chi connectivity index (χ4v) is 2.65. The van der Waals surface area contributed by atoms with Crippen LogP contribution in [0.1, 0.15) is 19.8 Å². The van der Waals surface area contributed by atoms with Crippen molar-refractivity contribution >= 4 is 26.8 Å². The van der Waals surface area contributed by atoms with Crippen molar-refractivity contribution < 1.29 is 0 Å². The fraction of sp³-hybridized carbons (Fsp3) is 0.429. The summed E-state index contributed by atoms with van der Waals surface area (Å²) in [6.45, 7) is 5.49. The van der Waals surface area contributed by atoms with Gasteiger partial charge in [-0.15, -0.1) is 0 Å². The highest BCUT2D eigenvalue weighted by Gasteiger charge is 2.04. The predicted molar refractivity (Wildman–Crippen MR) is 77.4 cm³/mol. The quantitative estimate of drug-likeness (QED) is 0.802. The third-order valence-electron chi connectivity index (χ3n) is 2.92. The first-order chi connectivity index (χ1) is 8.33. The molecule has 3 heteroatoms. The molecule has 1 heterocycles. The summed E-state index contributed by atoms with van der Waals surface area (Å²) in [4.78, 5) is 0. The number of nitrogens with zero attached hydrogens (tertiary/aromatic N) is 1. The summed E-state index contributed by atoms with van der Waals surface area (Å²) in [5.74, 6) is 0. The molecule has 0 bridgehead atoms. The highest BCUT2D eigenvalue weighted by atomic mass is 79.9. The van der Waals surface area contributed by atoms with Gasteiger partial charge in [-0.25, -0.2) is 0 Å². The molecular formula is C14H19BrN2. The third-order valence-corrected chi connectivity index (χ3v) is 3.55. The number of fused-ring (bicyclic) bond motifs is 1. The van der Waals surface area contributed by atoms with Crippen LogP contribution in [0.3, 0.4) is 0 Å². The van der Waals surface area contributed by atoms with Crippen LogP contribution in [0.2, 0.25) is 0 Å². The number of benzene rings is 1. The smallest absolute Gasteiger partial charge is 0.0492 e. The summed E-state index contributed by atoms with van der Waals surface area (Å²) in [5.41, 5.74) is 1.31. The summed E-state index contributed by atoms with van der Waals surface area (Å²) in [6.07, 6.45) is 4.56. The van der Waals surface area contributed by atoms with Crippen LogP contribution in [0.5, 0.6) is 0 Å². The van der Waals surface area contributed by atoms with E-state index in [0.29, 0.717) is 0 Å². The van der Waals surface area contributed by atoms with Crippen LogP contribution in [0.4, 0.5) is 0 Å². The molecule has 1 aromatic heterocycles. The molecule has 0 saturated heterocycles. The molecule has 0 amide bonds. The number of hydrogen-bond acceptors (Lipinski definition) is 1. The van der Waals surface area contributed by atoms with Crippen molar-refractivity contribution in [2.24, 2.45) is 0 Å². The van der Waals surface area contributed by atoms with Gasteiger partial charge in [-0.05, 0) is 47.9 Å². The average molecular weight is 295 g/mol. The third kappa shape index (κ3) is 3.11. The van der Waals surface area contributed by atoms with Crippen molar-refractivity contribution in [2.75, 3.05) is 13.1 Å². The molecule has 92 valence electrons. The zero-order valence-corrected chi connectivity index (χ0v) is 11.8. The van der Waals surface area contributed by atoms with Gasteiger partial charge < -0.3 is 9.88 Å². The van der Waals surface area contributed by atoms with Crippen molar-refractivity contribution in [1.82, 2.24) is 9.88 Å². The minimum atomic E-state index is 1.07. The summed E-state index contributed by atoms with van der Waals surface area (Å²) in [7, 11) is 0. The first kappa shape index (κ1) is 12.7. The number of para-hydroxylation sites is 1. The van der Waals surface area contributed by atoms with Gasteiger partial charge in [-0.3, -0.25) is 0 Å². The zero-order valence-electron chi connectivity index (χ0n) is 10.2. The van der Waals surface area contributed by atoms with Crippen LogP contribution < -0.4 is 5.32 Å². The van der Waals surface area contributed by atoms with Gasteiger partial charge in [-0.1, -0.05) is 25.1 Å². The Kier molecular flexibility index (Phi) is 4.63. The van der Waals surface area contributed by atoms with Gasteiger partial charge in [0, 0.05) is 28.1 Å². The molecule has 0 fully saturated rings. The Balaban J connectivity index is 1.99. The van der Waals surface area contributed by atoms with E-state index in [4.69, 9.17) is 0 Å². The number of aromatic nitrogens is 1. The Bertz CT molecular complexity index is 476. The molecule has 0 radical (unpaired) electrons. The lowest BCUT2D eigenvalue weighted by Crippen LogP contribution is -2.17. The fourth-order valence-electron chi connectivity index (χ4n) is 2.06. The van der Waals surface area contributed by atoms with E-state index in [1.807, 2.05) is 0 Å². The highest BCUT2D eigenvalue weighted by molar-refractivity contribution is 9.10. The van der Waals surface area contributed by atoms with E-state index in [1.54, 1.807) is 0 Å². The Morgan fingerprint density at radius 1 is 1.24 bits per heavy atom. The minimum absolute atomic E-state index is 1.07. The number of rotatable bonds is 6. The topological polar surface area (TPSA) is 17.0 Å². The van der Waals surface area contributed by atoms with Crippen LogP contribution in [0, 0.1) is 0 Å². The van der Waals surface area contributed by atoms with E-state index in [9.17, 15) is 0 Å². The number of nitrogens with one attached hydrogen (secondary N) is 1. The Morgan fingerprint density at radius 2 is 2.06 bits per heavy atom. The monoisotopic (exact) mass is 294 g/mol. The molecule has 2 aromatic rings. The molecule has 0 atom stereocenters. The number of aryl methyl sites for hydroxylation is 1. The largest absolute Gasteiger partial charge is 0.346 e. The minimum Gasteiger partial charge on any atom is -0.346 e. The molecule has 0 aliphatic heterocycles. The number of hydrogen-bond donors (Lipinski definition) is 1. The van der Waals surface area contributed by atoms with Gasteiger partial charge in [0.25, 0.3) is 0 Å². The van der Waals surface area contributed by atoms with Crippen LogP contribution in [-0.2, 0) is 6.54 Å². The van der Waals surface area contributed by atoms with E-state index >= 15 is 0 Å². The molecule has 0 saturated carbocycles. The molecule has 0 unspecified atom stereocenters. The van der Waals surface area contributed by atoms with E-state index in [-0.39, 0.29) is 0 Å². The van der Waals surface area contributed by atoms with Crippen LogP contribution in [0.25, 0.3) is 10.9 Å². The number of halogens is 1. The van der Waals surface area contributed by atoms with Crippen molar-refractivity contribution in [3.05, 3.63) is 34.9 Å². The van der Waals surface area contributed by atoms with Crippen molar-refractivity contribution in [3.63, 3.8) is 0 Å². The first-order valence-corrected chi connectivity index (χ1v) is 7.06. The Labute approximate surface area is 111 Å². The normalized spacial score (nSPS) is 11.2. The first-order valence-electron chi connectivity index (χ1n) is 6.27. The maximum Gasteiger partial charge on any atom is 0.0492 e. The Hall–Kier alpha value is -0.800. The SMILES string of the molecule is CCCNCCCn1cc(Br)c2ccccc21. The molecule has 2 nitrogen and oxygen atoms in total. The molecule has 2 rings (SSSR count). The zero-order chi connectivity index (χ0) is 12.1. The standard InChI is InChI=1S/C14H19BrN2/c1-2-8-16-9-5-10-17-11-13(15)12-6-3-4-7-14(12)17/h3-4,6-7,11,16H,2,5,8-10H2,1H3. The second-order valence-electron chi connectivity index (χ2n) is 4.29. The molecule has 1 aromatic carbocycles. The van der Waals surface area contributed by atoms with E-state index in [1.165, 1.54) is 28.2 Å². The van der Waals surface area contributed by atoms with Gasteiger partial charge in [-0.2, -0.15) is 0 Å². The van der Waals surface area contributed by atoms with Crippen LogP contribution in [-0.4, -0.2) is 17.7 Å². The molecule has 0 aliphatic rings. The van der Waals surface area contributed by atoms with Gasteiger partial charge in [0.1, 0.15) is 0 Å². The lowest BCUT2D eigenvalue weighted by atomic mass is 10.2. The van der Waals surface area contributed by atoms with Gasteiger partial charge in [0.15, 0.2) is 0 Å². The second kappa shape index (κ2) is 6.22. The lowest BCUT2D eigenvalue weighted by Gasteiger charge is -2.06. The van der Waals surface area contributed by atoms with Crippen LogP contribution >= 0.6 is 15.9 Å². The van der Waals surface area contributed by atoms with E-state index in [0.717, 1.165) is 19.6 Å². The van der Waals surface area contributed by atoms with E-state index in [2.05, 4.69) is 63.2 Å². The lowest BCUT2D eigenvalue weighted by molar-refractivity contribution is 0.587. The Morgan fingerprint density at radius 3 is 2.88 bits per heavy atom. The average Bonchev–Trinajstić information content (AvgIpc) is 2.67. The maximum absolute atomic E-state index is 3.62. The molecule has 1 N–H and O–H groups in total. The van der Waals surface area contributed by atoms with Crippen molar-refractivity contribution in [1.29, 1.82) is 0 Å². The molecule has 0 spiro atoms. The van der Waals surface area contributed by atoms with Crippen LogP contribution in [0.15, 0.2) is 34.9 Å². The predicted octanol–water partition coefficient (Wildman–Crippen LogP) is 3.79. The summed E-state index contributed by atoms with van der Waals surface area (Å²) >= 11 is 3.62. The highest BCUT2D eigenvalue weighted by Crippen LogP contribution is 2.25. The van der Waals surface area contributed by atoms with Crippen molar-refractivity contribution in [3.8, 4) is 0 Å². The second-order valence-corrected chi connectivity index (χ2v) is 5.15. The maximum atomic E-state index is 3.62. The van der Waals surface area contributed by atoms with Gasteiger partial charge >= 0.3 is 0 Å². The summed E-state index contributed by atoms with van der Waals surface area (Å²) in [5, 5.41) is 4.74. The molecule has 17 heavy (non-hydrogen) atoms. The van der Waals surface area contributed by atoms with Gasteiger partial charge in [0.2, 0.25) is 0 Å². The summed E-state index contributed by atoms with van der Waals surface area (Å²) in [6, 6.07) is 8.52.